The smallest absolute Gasteiger partial charge is 0.0997 e. The quantitative estimate of drug-likeness (QED) is 0.788. The van der Waals surface area contributed by atoms with Gasteiger partial charge >= 0.3 is 0 Å². The summed E-state index contributed by atoms with van der Waals surface area (Å²) in [5.74, 6) is 0.624. The van der Waals surface area contributed by atoms with E-state index in [4.69, 9.17) is 10.5 Å². The largest absolute Gasteiger partial charge is 0.382 e. The van der Waals surface area contributed by atoms with Crippen LogP contribution in [-0.4, -0.2) is 28.7 Å². The molecule has 5 nitrogen and oxygen atoms in total. The predicted molar refractivity (Wildman–Crippen MR) is 61.1 cm³/mol. The highest BCUT2D eigenvalue weighted by atomic mass is 16.5. The van der Waals surface area contributed by atoms with Gasteiger partial charge in [-0.15, -0.1) is 5.10 Å². The Balaban J connectivity index is 2.27. The molecule has 0 spiro atoms. The van der Waals surface area contributed by atoms with E-state index in [1.807, 2.05) is 4.68 Å². The van der Waals surface area contributed by atoms with Gasteiger partial charge in [-0.05, 0) is 19.3 Å². The maximum atomic E-state index is 5.70. The van der Waals surface area contributed by atoms with Crippen LogP contribution in [-0.2, 0) is 11.3 Å². The molecule has 1 aromatic heterocycles. The van der Waals surface area contributed by atoms with Crippen molar-refractivity contribution in [1.29, 1.82) is 0 Å². The summed E-state index contributed by atoms with van der Waals surface area (Å²) in [6.45, 7) is 3.31. The standard InChI is InChI=1S/C11H20N4O/c1-3-9(7-16-2)15-11(8-4-5-8)10(6-12)13-14-15/h8-9H,3-7,12H2,1-2H3. The molecule has 0 radical (unpaired) electrons. The van der Waals surface area contributed by atoms with Crippen LogP contribution in [0.3, 0.4) is 0 Å². The molecule has 90 valence electrons. The van der Waals surface area contributed by atoms with Crippen molar-refractivity contribution >= 4 is 0 Å². The summed E-state index contributed by atoms with van der Waals surface area (Å²) in [6, 6.07) is 0.286. The fourth-order valence-electron chi connectivity index (χ4n) is 2.08. The summed E-state index contributed by atoms with van der Waals surface area (Å²) in [7, 11) is 1.72. The number of aromatic nitrogens is 3. The topological polar surface area (TPSA) is 66.0 Å². The highest BCUT2D eigenvalue weighted by Gasteiger charge is 2.32. The molecule has 1 unspecified atom stereocenters. The lowest BCUT2D eigenvalue weighted by Crippen LogP contribution is -2.18. The molecule has 1 aliphatic carbocycles. The van der Waals surface area contributed by atoms with Gasteiger partial charge in [-0.2, -0.15) is 0 Å². The second-order valence-corrected chi connectivity index (χ2v) is 4.36. The van der Waals surface area contributed by atoms with Crippen LogP contribution in [0.15, 0.2) is 0 Å². The summed E-state index contributed by atoms with van der Waals surface area (Å²) < 4.78 is 7.26. The SMILES string of the molecule is CCC(COC)n1nnc(CN)c1C1CC1. The van der Waals surface area contributed by atoms with Gasteiger partial charge in [-0.3, -0.25) is 0 Å². The van der Waals surface area contributed by atoms with Crippen LogP contribution >= 0.6 is 0 Å². The monoisotopic (exact) mass is 224 g/mol. The summed E-state index contributed by atoms with van der Waals surface area (Å²) in [5.41, 5.74) is 7.90. The minimum Gasteiger partial charge on any atom is -0.382 e. The van der Waals surface area contributed by atoms with Crippen molar-refractivity contribution in [3.05, 3.63) is 11.4 Å². The molecule has 1 heterocycles. The summed E-state index contributed by atoms with van der Waals surface area (Å²) >= 11 is 0. The van der Waals surface area contributed by atoms with Crippen molar-refractivity contribution < 1.29 is 4.74 Å². The van der Waals surface area contributed by atoms with Crippen LogP contribution in [0.4, 0.5) is 0 Å². The molecule has 2 rings (SSSR count). The molecule has 16 heavy (non-hydrogen) atoms. The predicted octanol–water partition coefficient (Wildman–Crippen LogP) is 1.21. The summed E-state index contributed by atoms with van der Waals surface area (Å²) in [5, 5.41) is 8.42. The number of hydrogen-bond acceptors (Lipinski definition) is 4. The molecule has 0 bridgehead atoms. The zero-order chi connectivity index (χ0) is 11.5. The van der Waals surface area contributed by atoms with Gasteiger partial charge in [0.05, 0.1) is 24.0 Å². The van der Waals surface area contributed by atoms with E-state index in [1.54, 1.807) is 7.11 Å². The van der Waals surface area contributed by atoms with Crippen LogP contribution in [0.2, 0.25) is 0 Å². The Kier molecular flexibility index (Phi) is 3.56. The molecule has 0 amide bonds. The highest BCUT2D eigenvalue weighted by Crippen LogP contribution is 2.42. The van der Waals surface area contributed by atoms with Crippen molar-refractivity contribution in [2.75, 3.05) is 13.7 Å². The van der Waals surface area contributed by atoms with Crippen molar-refractivity contribution in [2.45, 2.75) is 44.7 Å². The summed E-state index contributed by atoms with van der Waals surface area (Å²) in [6.07, 6.45) is 3.48. The molecule has 5 heteroatoms. The number of ether oxygens (including phenoxy) is 1. The Hall–Kier alpha value is -0.940. The van der Waals surface area contributed by atoms with Gasteiger partial charge in [-0.1, -0.05) is 12.1 Å². The Labute approximate surface area is 96.0 Å². The van der Waals surface area contributed by atoms with E-state index in [0.29, 0.717) is 19.1 Å². The fourth-order valence-corrected chi connectivity index (χ4v) is 2.08. The minimum atomic E-state index is 0.286. The van der Waals surface area contributed by atoms with Crippen LogP contribution in [0, 0.1) is 0 Å². The molecular formula is C11H20N4O. The lowest BCUT2D eigenvalue weighted by atomic mass is 10.2. The van der Waals surface area contributed by atoms with Gasteiger partial charge in [0.2, 0.25) is 0 Å². The molecule has 1 saturated carbocycles. The Bertz CT molecular complexity index is 346. The van der Waals surface area contributed by atoms with E-state index < -0.39 is 0 Å². The molecule has 0 saturated heterocycles. The molecule has 1 atom stereocenters. The van der Waals surface area contributed by atoms with Gasteiger partial charge in [0, 0.05) is 19.6 Å². The van der Waals surface area contributed by atoms with Gasteiger partial charge < -0.3 is 10.5 Å². The van der Waals surface area contributed by atoms with E-state index in [-0.39, 0.29) is 6.04 Å². The van der Waals surface area contributed by atoms with Gasteiger partial charge in [0.25, 0.3) is 0 Å². The summed E-state index contributed by atoms with van der Waals surface area (Å²) in [4.78, 5) is 0. The first-order chi connectivity index (χ1) is 7.81. The first kappa shape index (κ1) is 11.5. The number of hydrogen-bond donors (Lipinski definition) is 1. The lowest BCUT2D eigenvalue weighted by molar-refractivity contribution is 0.145. The van der Waals surface area contributed by atoms with Crippen LogP contribution in [0.5, 0.6) is 0 Å². The zero-order valence-electron chi connectivity index (χ0n) is 10.0. The molecule has 0 aromatic carbocycles. The van der Waals surface area contributed by atoms with E-state index in [2.05, 4.69) is 17.2 Å². The maximum Gasteiger partial charge on any atom is 0.0997 e. The maximum absolute atomic E-state index is 5.70. The lowest BCUT2D eigenvalue weighted by Gasteiger charge is -2.16. The third kappa shape index (κ3) is 2.10. The number of nitrogens with zero attached hydrogens (tertiary/aromatic N) is 3. The second kappa shape index (κ2) is 4.93. The molecule has 1 aromatic rings. The van der Waals surface area contributed by atoms with Crippen molar-refractivity contribution in [3.63, 3.8) is 0 Å². The second-order valence-electron chi connectivity index (χ2n) is 4.36. The average molecular weight is 224 g/mol. The normalized spacial score (nSPS) is 17.7. The Morgan fingerprint density at radius 1 is 1.56 bits per heavy atom. The minimum absolute atomic E-state index is 0.286. The molecule has 1 aliphatic rings. The van der Waals surface area contributed by atoms with Crippen molar-refractivity contribution in [1.82, 2.24) is 15.0 Å². The molecule has 2 N–H and O–H groups in total. The number of rotatable bonds is 6. The molecule has 1 fully saturated rings. The van der Waals surface area contributed by atoms with E-state index in [0.717, 1.165) is 12.1 Å². The Morgan fingerprint density at radius 2 is 2.31 bits per heavy atom. The van der Waals surface area contributed by atoms with Crippen LogP contribution in [0.25, 0.3) is 0 Å². The third-order valence-corrected chi connectivity index (χ3v) is 3.14. The first-order valence-electron chi connectivity index (χ1n) is 5.94. The average Bonchev–Trinajstić information content (AvgIpc) is 3.06. The molecule has 0 aliphatic heterocycles. The van der Waals surface area contributed by atoms with E-state index in [1.165, 1.54) is 18.5 Å². The van der Waals surface area contributed by atoms with Gasteiger partial charge in [0.1, 0.15) is 0 Å². The zero-order valence-corrected chi connectivity index (χ0v) is 10.0. The third-order valence-electron chi connectivity index (χ3n) is 3.14. The van der Waals surface area contributed by atoms with Crippen LogP contribution in [0.1, 0.15) is 49.5 Å². The van der Waals surface area contributed by atoms with Crippen molar-refractivity contribution in [3.8, 4) is 0 Å². The van der Waals surface area contributed by atoms with E-state index >= 15 is 0 Å². The Morgan fingerprint density at radius 3 is 2.81 bits per heavy atom. The fraction of sp³-hybridized carbons (Fsp3) is 0.818. The van der Waals surface area contributed by atoms with E-state index in [9.17, 15) is 0 Å². The number of nitrogens with two attached hydrogens (primary N) is 1. The molecular weight excluding hydrogens is 204 g/mol. The first-order valence-corrected chi connectivity index (χ1v) is 5.94. The van der Waals surface area contributed by atoms with Crippen LogP contribution < -0.4 is 5.73 Å². The van der Waals surface area contributed by atoms with Gasteiger partial charge in [-0.25, -0.2) is 4.68 Å². The number of methoxy groups -OCH3 is 1. The highest BCUT2D eigenvalue weighted by molar-refractivity contribution is 5.21. The van der Waals surface area contributed by atoms with Crippen molar-refractivity contribution in [2.24, 2.45) is 5.73 Å². The van der Waals surface area contributed by atoms with Gasteiger partial charge in [0.15, 0.2) is 0 Å².